The fourth-order valence-electron chi connectivity index (χ4n) is 13.0. The summed E-state index contributed by atoms with van der Waals surface area (Å²) in [5, 5.41) is 8.97. The molecule has 0 amide bonds. The van der Waals surface area contributed by atoms with Crippen LogP contribution in [0.15, 0.2) is 243 Å². The van der Waals surface area contributed by atoms with Crippen LogP contribution >= 0.6 is 46.4 Å². The van der Waals surface area contributed by atoms with Crippen molar-refractivity contribution >= 4 is 106 Å². The third-order valence-corrected chi connectivity index (χ3v) is 19.4. The summed E-state index contributed by atoms with van der Waals surface area (Å²) in [6.07, 6.45) is -38.3. The first-order valence-electron chi connectivity index (χ1n) is 36.2. The molecule has 115 heavy (non-hydrogen) atoms. The summed E-state index contributed by atoms with van der Waals surface area (Å²) in [5.74, 6) is -11.3. The lowest BCUT2D eigenvalue weighted by atomic mass is 9.95. The van der Waals surface area contributed by atoms with Crippen LogP contribution in [-0.2, 0) is 85.3 Å². The van der Waals surface area contributed by atoms with Gasteiger partial charge in [0, 0.05) is 0 Å². The van der Waals surface area contributed by atoms with Gasteiger partial charge in [0.25, 0.3) is 3.79 Å². The molecule has 0 aromatic heterocycles. The van der Waals surface area contributed by atoms with E-state index in [9.17, 15) is 33.6 Å². The summed E-state index contributed by atoms with van der Waals surface area (Å²) in [6, 6.07) is 60.6. The first-order chi connectivity index (χ1) is 55.4. The molecule has 0 radical (unpaired) electrons. The van der Waals surface area contributed by atoms with Crippen LogP contribution in [0.1, 0.15) is 111 Å². The molecule has 31 heteroatoms. The summed E-state index contributed by atoms with van der Waals surface area (Å²) in [5.41, 5.74) is -0.287. The Kier molecular flexibility index (Phi) is 28.2. The second-order valence-corrected chi connectivity index (χ2v) is 29.1. The predicted molar refractivity (Wildman–Crippen MR) is 407 cm³/mol. The maximum absolute atomic E-state index is 15.4. The Morgan fingerprint density at radius 1 is 0.270 bits per heavy atom. The second-order valence-electron chi connectivity index (χ2n) is 26.6. The van der Waals surface area contributed by atoms with Crippen LogP contribution < -0.4 is 0 Å². The molecule has 4 saturated heterocycles. The van der Waals surface area contributed by atoms with Gasteiger partial charge in [-0.05, 0) is 125 Å². The van der Waals surface area contributed by atoms with Gasteiger partial charge < -0.3 is 80.5 Å². The first-order valence-corrected chi connectivity index (χ1v) is 37.8. The number of hydrogen-bond acceptors (Lipinski definition) is 27. The van der Waals surface area contributed by atoms with Crippen molar-refractivity contribution < 1.29 is 124 Å². The quantitative estimate of drug-likeness (QED) is 0.0183. The van der Waals surface area contributed by atoms with Crippen LogP contribution in [0.3, 0.4) is 0 Å². The first kappa shape index (κ1) is 83.8. The standard InChI is InChI=1S/C84H75Cl4NO26/c1-46-59(104-71(91)50-29-13-5-14-30-50)63(103-58(90)45-85)67(110-77(97)56-41-25-11-26-42-56)79(99-46)112-66-62(107-74(94)53-35-19-8-20-36-53)49(4)100-80(68(66)111-78(98)57-43-27-12-28-44-57)113-69-64(108-75(95)54-37-21-9-22-38-54)60(105-72(92)51-31-15-6-16-32-51)47(2)101-81(69)114-70-65(109-76(96)55-39-23-10-24-40-55)61(106-73(93)52-33-17-7-18-34-52)48(3)102-82(70)115-83(89)84(86,87)88/h5-44,46-49,59-70,79-82,89H,45H2,1-4H3/t46-,47-,48-,49-,59-,60-,61-,62-,63+,64+,65+,66+,67+,68+,69+,70+,79-,80-,81-,82-/m0/s1. The van der Waals surface area contributed by atoms with E-state index in [1.165, 1.54) is 161 Å². The Morgan fingerprint density at radius 3 is 0.713 bits per heavy atom. The minimum atomic E-state index is -2.65. The minimum Gasteiger partial charge on any atom is -0.453 e. The van der Waals surface area contributed by atoms with Gasteiger partial charge in [-0.2, -0.15) is 0 Å². The number of alkyl halides is 4. The van der Waals surface area contributed by atoms with E-state index in [2.05, 4.69) is 0 Å². The van der Waals surface area contributed by atoms with E-state index in [0.29, 0.717) is 0 Å². The Bertz CT molecular complexity index is 4660. The minimum absolute atomic E-state index is 0.0107. The number of nitrogens with one attached hydrogen (secondary N) is 1. The molecule has 4 fully saturated rings. The number of carbonyl (C=O) groups excluding carboxylic acids is 9. The van der Waals surface area contributed by atoms with E-state index >= 15 is 9.59 Å². The van der Waals surface area contributed by atoms with Crippen molar-refractivity contribution in [2.75, 3.05) is 5.88 Å². The van der Waals surface area contributed by atoms with Crippen LogP contribution in [0.5, 0.6) is 0 Å². The molecule has 1 N–H and O–H groups in total. The average Bonchev–Trinajstić information content (AvgIpc) is 0.513. The zero-order chi connectivity index (χ0) is 81.5. The topological polar surface area (TPSA) is 334 Å². The highest BCUT2D eigenvalue weighted by atomic mass is 35.6. The van der Waals surface area contributed by atoms with Crippen molar-refractivity contribution in [2.24, 2.45) is 0 Å². The summed E-state index contributed by atoms with van der Waals surface area (Å²) < 4.78 is 109. The molecule has 0 unspecified atom stereocenters. The molecule has 0 saturated carbocycles. The van der Waals surface area contributed by atoms with Crippen LogP contribution in [0.4, 0.5) is 0 Å². The van der Waals surface area contributed by atoms with Crippen LogP contribution in [0.2, 0.25) is 0 Å². The molecule has 4 aliphatic heterocycles. The van der Waals surface area contributed by atoms with Gasteiger partial charge in [-0.1, -0.05) is 180 Å². The number of ether oxygens (including phenoxy) is 17. The number of benzene rings is 8. The van der Waals surface area contributed by atoms with Crippen molar-refractivity contribution in [3.05, 3.63) is 287 Å². The lowest BCUT2D eigenvalue weighted by Gasteiger charge is -2.51. The number of hydrogen-bond donors (Lipinski definition) is 1. The predicted octanol–water partition coefficient (Wildman–Crippen LogP) is 12.4. The molecule has 4 aliphatic rings. The monoisotopic (exact) mass is 1650 g/mol. The lowest BCUT2D eigenvalue weighted by Crippen LogP contribution is -2.69. The van der Waals surface area contributed by atoms with E-state index in [1.807, 2.05) is 0 Å². The zero-order valence-electron chi connectivity index (χ0n) is 61.5. The fourth-order valence-corrected chi connectivity index (χ4v) is 13.2. The molecule has 8 aromatic rings. The largest absolute Gasteiger partial charge is 0.453 e. The maximum atomic E-state index is 15.4. The third kappa shape index (κ3) is 20.9. The van der Waals surface area contributed by atoms with Crippen molar-refractivity contribution in [3.63, 3.8) is 0 Å². The molecule has 0 aliphatic carbocycles. The maximum Gasteiger partial charge on any atom is 0.338 e. The van der Waals surface area contributed by atoms with Crippen LogP contribution in [0, 0.1) is 5.41 Å². The SMILES string of the molecule is C[C@@H]1O[C@@H](O[C@@H]2[C@@H](OC(=O)c3ccccc3)[C@H](C)O[C@@H](O[C@H]3[C@H](O[C@H]4[C@H](OC(=N)C(Cl)(Cl)Cl)O[C@@H](C)[C@H](OC(=O)c5ccccc5)[C@H]4OC(=O)c4ccccc4)O[C@@H](C)[C@H](OC(=O)c4ccccc4)[C@H]3OC(=O)c3ccccc3)[C@@H]2OC(=O)c2ccccc2)[C@H](OC(=O)c2ccccc2)[C@H](OC(=O)CCl)[C@H]1OC(=O)c1ccccc1. The molecular weight excluding hydrogens is 1580 g/mol. The van der Waals surface area contributed by atoms with Gasteiger partial charge in [0.05, 0.1) is 68.9 Å². The van der Waals surface area contributed by atoms with Crippen molar-refractivity contribution in [2.45, 2.75) is 154 Å². The second kappa shape index (κ2) is 38.7. The highest BCUT2D eigenvalue weighted by Crippen LogP contribution is 2.42. The Hall–Kier alpha value is -10.7. The zero-order valence-corrected chi connectivity index (χ0v) is 64.5. The number of carbonyl (C=O) groups is 9. The summed E-state index contributed by atoms with van der Waals surface area (Å²) >= 11 is 25.2. The van der Waals surface area contributed by atoms with E-state index in [0.717, 1.165) is 0 Å². The van der Waals surface area contributed by atoms with E-state index in [4.69, 9.17) is 132 Å². The van der Waals surface area contributed by atoms with Crippen molar-refractivity contribution in [3.8, 4) is 0 Å². The van der Waals surface area contributed by atoms with E-state index in [1.54, 1.807) is 109 Å². The summed E-state index contributed by atoms with van der Waals surface area (Å²) in [7, 11) is 0. The van der Waals surface area contributed by atoms with Gasteiger partial charge >= 0.3 is 53.7 Å². The molecule has 8 aromatic carbocycles. The Labute approximate surface area is 678 Å². The van der Waals surface area contributed by atoms with Crippen molar-refractivity contribution in [1.82, 2.24) is 0 Å². The molecule has 0 spiro atoms. The molecule has 12 rings (SSSR count). The average molecular weight is 1660 g/mol. The number of esters is 9. The third-order valence-electron chi connectivity index (χ3n) is 18.7. The summed E-state index contributed by atoms with van der Waals surface area (Å²) in [6.45, 7) is 5.61. The fraction of sp³-hybridized carbons (Fsp3) is 0.310. The highest BCUT2D eigenvalue weighted by molar-refractivity contribution is 6.76. The molecule has 600 valence electrons. The van der Waals surface area contributed by atoms with Gasteiger partial charge in [0.15, 0.2) is 86.0 Å². The number of halogens is 4. The summed E-state index contributed by atoms with van der Waals surface area (Å²) in [4.78, 5) is 132. The Balaban J connectivity index is 1.05. The van der Waals surface area contributed by atoms with Gasteiger partial charge in [-0.25, -0.2) is 38.4 Å². The molecule has 0 bridgehead atoms. The number of rotatable bonds is 25. The van der Waals surface area contributed by atoms with Gasteiger partial charge in [0.1, 0.15) is 12.0 Å². The van der Waals surface area contributed by atoms with Crippen LogP contribution in [-0.4, -0.2) is 192 Å². The van der Waals surface area contributed by atoms with Gasteiger partial charge in [0.2, 0.25) is 12.2 Å². The molecular formula is C84H75Cl4NO26. The molecule has 4 heterocycles. The Morgan fingerprint density at radius 2 is 0.461 bits per heavy atom. The van der Waals surface area contributed by atoms with Crippen molar-refractivity contribution in [1.29, 1.82) is 5.41 Å². The normalized spacial score (nSPS) is 27.1. The smallest absolute Gasteiger partial charge is 0.338 e. The van der Waals surface area contributed by atoms with E-state index in [-0.39, 0.29) is 44.5 Å². The highest BCUT2D eigenvalue weighted by Gasteiger charge is 2.62. The molecule has 20 atom stereocenters. The molecule has 27 nitrogen and oxygen atoms in total. The van der Waals surface area contributed by atoms with Gasteiger partial charge in [-0.15, -0.1) is 11.6 Å². The van der Waals surface area contributed by atoms with E-state index < -0.39 is 192 Å². The lowest BCUT2D eigenvalue weighted by molar-refractivity contribution is -0.391. The van der Waals surface area contributed by atoms with Gasteiger partial charge in [-0.3, -0.25) is 10.2 Å². The van der Waals surface area contributed by atoms with Crippen LogP contribution in [0.25, 0.3) is 0 Å².